The highest BCUT2D eigenvalue weighted by molar-refractivity contribution is 7.13. The molecule has 2 aromatic rings. The van der Waals surface area contributed by atoms with Crippen LogP contribution in [0.5, 0.6) is 0 Å². The Morgan fingerprint density at radius 2 is 2.08 bits per heavy atom. The van der Waals surface area contributed by atoms with Crippen LogP contribution in [0.4, 0.5) is 4.39 Å². The van der Waals surface area contributed by atoms with E-state index in [0.29, 0.717) is 23.7 Å². The molecule has 2 fully saturated rings. The van der Waals surface area contributed by atoms with Crippen molar-refractivity contribution in [1.82, 2.24) is 9.88 Å². The van der Waals surface area contributed by atoms with Gasteiger partial charge < -0.3 is 10.0 Å². The van der Waals surface area contributed by atoms with E-state index in [9.17, 15) is 19.1 Å². The molecule has 1 aromatic carbocycles. The number of carbonyl (C=O) groups excluding carboxylic acids is 1. The summed E-state index contributed by atoms with van der Waals surface area (Å²) in [6, 6.07) is 5.97. The van der Waals surface area contributed by atoms with E-state index in [-0.39, 0.29) is 24.2 Å². The number of thiazole rings is 1. The van der Waals surface area contributed by atoms with Gasteiger partial charge in [0.2, 0.25) is 0 Å². The van der Waals surface area contributed by atoms with Crippen LogP contribution in [0.15, 0.2) is 29.6 Å². The van der Waals surface area contributed by atoms with Crippen molar-refractivity contribution < 1.29 is 19.1 Å². The molecule has 2 heterocycles. The molecule has 1 saturated heterocycles. The number of fused-ring (bicyclic) bond motifs is 1. The predicted octanol–water partition coefficient (Wildman–Crippen LogP) is 3.28. The number of benzene rings is 1. The molecule has 0 bridgehead atoms. The summed E-state index contributed by atoms with van der Waals surface area (Å²) < 4.78 is 13.0. The number of nitrogens with zero attached hydrogens (tertiary/aromatic N) is 2. The summed E-state index contributed by atoms with van der Waals surface area (Å²) in [7, 11) is 0. The molecule has 4 rings (SSSR count). The first-order chi connectivity index (χ1) is 12.0. The van der Waals surface area contributed by atoms with Crippen molar-refractivity contribution in [2.75, 3.05) is 13.1 Å². The van der Waals surface area contributed by atoms with Crippen LogP contribution >= 0.6 is 11.3 Å². The third kappa shape index (κ3) is 2.63. The summed E-state index contributed by atoms with van der Waals surface area (Å²) in [6.07, 6.45) is 2.40. The molecule has 2 aliphatic rings. The van der Waals surface area contributed by atoms with Gasteiger partial charge in [0.25, 0.3) is 5.91 Å². The van der Waals surface area contributed by atoms with E-state index in [2.05, 4.69) is 4.98 Å². The number of hydrogen-bond acceptors (Lipinski definition) is 4. The highest BCUT2D eigenvalue weighted by atomic mass is 32.1. The Morgan fingerprint density at radius 1 is 1.32 bits per heavy atom. The van der Waals surface area contributed by atoms with Gasteiger partial charge in [-0.05, 0) is 43.0 Å². The van der Waals surface area contributed by atoms with Crippen molar-refractivity contribution in [2.24, 2.45) is 11.3 Å². The van der Waals surface area contributed by atoms with Gasteiger partial charge in [-0.1, -0.05) is 6.42 Å². The van der Waals surface area contributed by atoms with Crippen LogP contribution in [0.1, 0.15) is 29.8 Å². The highest BCUT2D eigenvalue weighted by Gasteiger charge is 2.55. The van der Waals surface area contributed by atoms with Crippen molar-refractivity contribution in [3.05, 3.63) is 41.2 Å². The molecule has 130 valence electrons. The van der Waals surface area contributed by atoms with E-state index >= 15 is 0 Å². The number of carbonyl (C=O) groups is 2. The Morgan fingerprint density at radius 3 is 2.76 bits per heavy atom. The Balaban J connectivity index is 1.55. The molecule has 7 heteroatoms. The average molecular weight is 360 g/mol. The second-order valence-corrected chi connectivity index (χ2v) is 7.64. The smallest absolute Gasteiger partial charge is 0.311 e. The molecule has 1 N–H and O–H groups in total. The molecule has 0 radical (unpaired) electrons. The van der Waals surface area contributed by atoms with Crippen LogP contribution < -0.4 is 0 Å². The molecular formula is C18H17FN2O3S. The Kier molecular flexibility index (Phi) is 3.83. The first-order valence-electron chi connectivity index (χ1n) is 8.24. The zero-order valence-electron chi connectivity index (χ0n) is 13.4. The minimum Gasteiger partial charge on any atom is -0.481 e. The van der Waals surface area contributed by atoms with Gasteiger partial charge in [-0.2, -0.15) is 0 Å². The van der Waals surface area contributed by atoms with Gasteiger partial charge in [-0.15, -0.1) is 11.3 Å². The van der Waals surface area contributed by atoms with Gasteiger partial charge in [0.05, 0.1) is 5.41 Å². The Bertz CT molecular complexity index is 835. The lowest BCUT2D eigenvalue weighted by Gasteiger charge is -2.23. The van der Waals surface area contributed by atoms with E-state index in [1.165, 1.54) is 23.5 Å². The fourth-order valence-electron chi connectivity index (χ4n) is 4.05. The van der Waals surface area contributed by atoms with Crippen LogP contribution in [0, 0.1) is 17.2 Å². The normalized spacial score (nSPS) is 25.2. The fraction of sp³-hybridized carbons (Fsp3) is 0.389. The molecule has 0 unspecified atom stereocenters. The van der Waals surface area contributed by atoms with Gasteiger partial charge in [0, 0.05) is 24.0 Å². The van der Waals surface area contributed by atoms with Crippen LogP contribution in [0.3, 0.4) is 0 Å². The lowest BCUT2D eigenvalue weighted by molar-refractivity contribution is -0.149. The highest BCUT2D eigenvalue weighted by Crippen LogP contribution is 2.49. The van der Waals surface area contributed by atoms with Crippen molar-refractivity contribution >= 4 is 23.2 Å². The maximum absolute atomic E-state index is 13.0. The van der Waals surface area contributed by atoms with Crippen LogP contribution in [0.25, 0.3) is 10.6 Å². The predicted molar refractivity (Wildman–Crippen MR) is 90.8 cm³/mol. The van der Waals surface area contributed by atoms with E-state index in [1.54, 1.807) is 22.4 Å². The molecule has 1 aliphatic heterocycles. The molecule has 1 amide bonds. The Labute approximate surface area is 148 Å². The number of likely N-dealkylation sites (tertiary alicyclic amines) is 1. The molecular weight excluding hydrogens is 343 g/mol. The summed E-state index contributed by atoms with van der Waals surface area (Å²) in [5, 5.41) is 12.0. The van der Waals surface area contributed by atoms with Crippen molar-refractivity contribution in [1.29, 1.82) is 0 Å². The number of amides is 1. The van der Waals surface area contributed by atoms with Gasteiger partial charge in [0.15, 0.2) is 0 Å². The second-order valence-electron chi connectivity index (χ2n) is 6.78. The monoisotopic (exact) mass is 360 g/mol. The summed E-state index contributed by atoms with van der Waals surface area (Å²) in [4.78, 5) is 30.5. The quantitative estimate of drug-likeness (QED) is 0.912. The van der Waals surface area contributed by atoms with E-state index in [1.807, 2.05) is 0 Å². The van der Waals surface area contributed by atoms with Crippen LogP contribution in [-0.2, 0) is 4.79 Å². The SMILES string of the molecule is O=C(c1csc(-c2ccc(F)cc2)n1)N1C[C@@H]2CCC[C@@]2(C(=O)O)C1. The summed E-state index contributed by atoms with van der Waals surface area (Å²) in [5.41, 5.74) is 0.293. The molecule has 5 nitrogen and oxygen atoms in total. The van der Waals surface area contributed by atoms with E-state index in [4.69, 9.17) is 0 Å². The lowest BCUT2D eigenvalue weighted by Crippen LogP contribution is -2.37. The minimum atomic E-state index is -0.796. The van der Waals surface area contributed by atoms with Crippen molar-refractivity contribution in [3.8, 4) is 10.6 Å². The van der Waals surface area contributed by atoms with Gasteiger partial charge in [-0.25, -0.2) is 9.37 Å². The molecule has 25 heavy (non-hydrogen) atoms. The number of hydrogen-bond donors (Lipinski definition) is 1. The maximum atomic E-state index is 13.0. The third-order valence-corrected chi connectivity index (χ3v) is 6.29. The molecule has 1 aliphatic carbocycles. The van der Waals surface area contributed by atoms with Crippen molar-refractivity contribution in [2.45, 2.75) is 19.3 Å². The molecule has 1 saturated carbocycles. The van der Waals surface area contributed by atoms with E-state index < -0.39 is 11.4 Å². The first-order valence-corrected chi connectivity index (χ1v) is 9.12. The number of aliphatic carboxylic acids is 1. The number of carboxylic acids is 1. The zero-order chi connectivity index (χ0) is 17.6. The zero-order valence-corrected chi connectivity index (χ0v) is 14.3. The van der Waals surface area contributed by atoms with Crippen LogP contribution in [0.2, 0.25) is 0 Å². The average Bonchev–Trinajstić information content (AvgIpc) is 3.29. The number of rotatable bonds is 3. The number of aromatic nitrogens is 1. The molecule has 0 spiro atoms. The van der Waals surface area contributed by atoms with Gasteiger partial charge >= 0.3 is 5.97 Å². The first kappa shape index (κ1) is 16.2. The van der Waals surface area contributed by atoms with Crippen molar-refractivity contribution in [3.63, 3.8) is 0 Å². The minimum absolute atomic E-state index is 0.0316. The number of halogens is 1. The van der Waals surface area contributed by atoms with E-state index in [0.717, 1.165) is 18.4 Å². The Hall–Kier alpha value is -2.28. The lowest BCUT2D eigenvalue weighted by atomic mass is 9.81. The second kappa shape index (κ2) is 5.91. The van der Waals surface area contributed by atoms with Gasteiger partial charge in [0.1, 0.15) is 16.5 Å². The molecule has 1 aromatic heterocycles. The van der Waals surface area contributed by atoms with Crippen LogP contribution in [-0.4, -0.2) is 40.0 Å². The summed E-state index contributed by atoms with van der Waals surface area (Å²) >= 11 is 1.32. The number of carboxylic acid groups (broad SMARTS) is 1. The molecule has 2 atom stereocenters. The maximum Gasteiger partial charge on any atom is 0.311 e. The third-order valence-electron chi connectivity index (χ3n) is 5.40. The summed E-state index contributed by atoms with van der Waals surface area (Å²) in [5.74, 6) is -1.31. The fourth-order valence-corrected chi connectivity index (χ4v) is 4.85. The summed E-state index contributed by atoms with van der Waals surface area (Å²) in [6.45, 7) is 0.740. The van der Waals surface area contributed by atoms with Gasteiger partial charge in [-0.3, -0.25) is 9.59 Å². The largest absolute Gasteiger partial charge is 0.481 e. The standard InChI is InChI=1S/C18H17FN2O3S/c19-13-5-3-11(4-6-13)15-20-14(9-25-15)16(22)21-8-12-2-1-7-18(12,10-21)17(23)24/h3-6,9,12H,1-2,7-8,10H2,(H,23,24)/t12-,18+/m0/s1. The topological polar surface area (TPSA) is 70.5 Å².